The Morgan fingerprint density at radius 3 is 2.67 bits per heavy atom. The van der Waals surface area contributed by atoms with Crippen molar-refractivity contribution in [2.24, 2.45) is 5.92 Å². The van der Waals surface area contributed by atoms with Crippen LogP contribution in [0.3, 0.4) is 0 Å². The maximum atomic E-state index is 12.2. The molecule has 6 heteroatoms. The van der Waals surface area contributed by atoms with Gasteiger partial charge in [-0.1, -0.05) is 13.0 Å². The summed E-state index contributed by atoms with van der Waals surface area (Å²) >= 11 is 0. The molecule has 1 N–H and O–H groups in total. The molecule has 24 heavy (non-hydrogen) atoms. The molecule has 0 bridgehead atoms. The zero-order chi connectivity index (χ0) is 17.5. The number of hydrogen-bond acceptors (Lipinski definition) is 4. The fourth-order valence-electron chi connectivity index (χ4n) is 2.94. The zero-order valence-electron chi connectivity index (χ0n) is 14.6. The highest BCUT2D eigenvalue weighted by Crippen LogP contribution is 2.27. The highest BCUT2D eigenvalue weighted by atomic mass is 16.5. The molecule has 0 aliphatic carbocycles. The van der Waals surface area contributed by atoms with E-state index in [0.29, 0.717) is 17.4 Å². The van der Waals surface area contributed by atoms with Crippen LogP contribution in [0.1, 0.15) is 25.3 Å². The van der Waals surface area contributed by atoms with E-state index in [1.165, 1.54) is 0 Å². The van der Waals surface area contributed by atoms with Crippen LogP contribution < -0.4 is 14.8 Å². The first kappa shape index (κ1) is 18.1. The van der Waals surface area contributed by atoms with Crippen molar-refractivity contribution in [2.75, 3.05) is 33.9 Å². The number of carbonyl (C=O) groups excluding carboxylic acids is 2. The van der Waals surface area contributed by atoms with Crippen LogP contribution in [0.5, 0.6) is 11.5 Å². The molecule has 0 aromatic heterocycles. The Morgan fingerprint density at radius 2 is 2.00 bits per heavy atom. The van der Waals surface area contributed by atoms with Crippen LogP contribution >= 0.6 is 0 Å². The first-order chi connectivity index (χ1) is 11.5. The highest BCUT2D eigenvalue weighted by molar-refractivity contribution is 5.85. The predicted octanol–water partition coefficient (Wildman–Crippen LogP) is 1.62. The summed E-state index contributed by atoms with van der Waals surface area (Å²) in [4.78, 5) is 26.1. The van der Waals surface area contributed by atoms with Crippen LogP contribution in [0.2, 0.25) is 0 Å². The van der Waals surface area contributed by atoms with Gasteiger partial charge in [0.25, 0.3) is 0 Å². The second-order valence-corrected chi connectivity index (χ2v) is 6.23. The molecule has 1 unspecified atom stereocenters. The Balaban J connectivity index is 1.83. The van der Waals surface area contributed by atoms with Gasteiger partial charge in [-0.25, -0.2) is 0 Å². The van der Waals surface area contributed by atoms with Gasteiger partial charge in [0.1, 0.15) is 0 Å². The van der Waals surface area contributed by atoms with Crippen LogP contribution in [0.15, 0.2) is 18.2 Å². The smallest absolute Gasteiger partial charge is 0.241 e. The largest absolute Gasteiger partial charge is 0.493 e. The number of ether oxygens (including phenoxy) is 2. The van der Waals surface area contributed by atoms with E-state index >= 15 is 0 Å². The summed E-state index contributed by atoms with van der Waals surface area (Å²) in [5.41, 5.74) is 0.809. The van der Waals surface area contributed by atoms with Gasteiger partial charge in [-0.3, -0.25) is 9.59 Å². The number of nitrogens with one attached hydrogen (secondary N) is 1. The van der Waals surface area contributed by atoms with E-state index in [9.17, 15) is 9.59 Å². The van der Waals surface area contributed by atoms with Gasteiger partial charge in [0.05, 0.1) is 27.2 Å². The Labute approximate surface area is 143 Å². The van der Waals surface area contributed by atoms with E-state index in [-0.39, 0.29) is 24.8 Å². The molecule has 2 rings (SSSR count). The Bertz CT molecular complexity index is 588. The topological polar surface area (TPSA) is 67.9 Å². The third kappa shape index (κ3) is 4.88. The van der Waals surface area contributed by atoms with E-state index in [4.69, 9.17) is 9.47 Å². The fourth-order valence-corrected chi connectivity index (χ4v) is 2.94. The number of piperidine rings is 1. The molecule has 0 saturated carbocycles. The van der Waals surface area contributed by atoms with Crippen molar-refractivity contribution in [1.29, 1.82) is 0 Å². The third-order valence-corrected chi connectivity index (χ3v) is 4.26. The van der Waals surface area contributed by atoms with E-state index in [1.54, 1.807) is 26.4 Å². The van der Waals surface area contributed by atoms with Crippen LogP contribution in [0.4, 0.5) is 0 Å². The lowest BCUT2D eigenvalue weighted by molar-refractivity contribution is -0.134. The molecule has 132 valence electrons. The molecule has 1 aliphatic heterocycles. The summed E-state index contributed by atoms with van der Waals surface area (Å²) < 4.78 is 10.4. The van der Waals surface area contributed by atoms with Crippen molar-refractivity contribution in [3.63, 3.8) is 0 Å². The van der Waals surface area contributed by atoms with Crippen LogP contribution in [-0.4, -0.2) is 50.6 Å². The Morgan fingerprint density at radius 1 is 1.25 bits per heavy atom. The predicted molar refractivity (Wildman–Crippen MR) is 91.2 cm³/mol. The number of hydrogen-bond donors (Lipinski definition) is 1. The van der Waals surface area contributed by atoms with Crippen molar-refractivity contribution in [3.05, 3.63) is 23.8 Å². The van der Waals surface area contributed by atoms with Crippen molar-refractivity contribution < 1.29 is 19.1 Å². The number of rotatable bonds is 6. The van der Waals surface area contributed by atoms with Gasteiger partial charge in [-0.15, -0.1) is 0 Å². The lowest BCUT2D eigenvalue weighted by Gasteiger charge is -2.31. The molecule has 1 atom stereocenters. The van der Waals surface area contributed by atoms with Gasteiger partial charge >= 0.3 is 0 Å². The Kier molecular flexibility index (Phi) is 6.46. The minimum Gasteiger partial charge on any atom is -0.493 e. The number of carbonyl (C=O) groups is 2. The second-order valence-electron chi connectivity index (χ2n) is 6.23. The van der Waals surface area contributed by atoms with E-state index in [2.05, 4.69) is 12.2 Å². The van der Waals surface area contributed by atoms with Crippen LogP contribution in [0, 0.1) is 5.92 Å². The summed E-state index contributed by atoms with van der Waals surface area (Å²) in [6.07, 6.45) is 2.39. The number of nitrogens with zero attached hydrogens (tertiary/aromatic N) is 1. The van der Waals surface area contributed by atoms with E-state index < -0.39 is 0 Å². The highest BCUT2D eigenvalue weighted by Gasteiger charge is 2.21. The molecule has 1 aromatic carbocycles. The molecule has 1 aromatic rings. The molecule has 0 radical (unpaired) electrons. The average Bonchev–Trinajstić information content (AvgIpc) is 2.59. The Hall–Kier alpha value is -2.24. The minimum atomic E-state index is -0.180. The summed E-state index contributed by atoms with van der Waals surface area (Å²) in [5.74, 6) is 1.55. The maximum Gasteiger partial charge on any atom is 0.241 e. The summed E-state index contributed by atoms with van der Waals surface area (Å²) in [7, 11) is 3.12. The first-order valence-corrected chi connectivity index (χ1v) is 8.29. The van der Waals surface area contributed by atoms with E-state index in [1.807, 2.05) is 11.0 Å². The van der Waals surface area contributed by atoms with E-state index in [0.717, 1.165) is 31.5 Å². The van der Waals surface area contributed by atoms with Crippen molar-refractivity contribution in [1.82, 2.24) is 10.2 Å². The lowest BCUT2D eigenvalue weighted by atomic mass is 10.0. The quantitative estimate of drug-likeness (QED) is 0.858. The molecule has 1 saturated heterocycles. The molecule has 6 nitrogen and oxygen atoms in total. The molecule has 1 aliphatic rings. The summed E-state index contributed by atoms with van der Waals surface area (Å²) in [6.45, 7) is 3.77. The number of methoxy groups -OCH3 is 2. The summed E-state index contributed by atoms with van der Waals surface area (Å²) in [6, 6.07) is 5.35. The third-order valence-electron chi connectivity index (χ3n) is 4.26. The van der Waals surface area contributed by atoms with Crippen molar-refractivity contribution >= 4 is 11.8 Å². The van der Waals surface area contributed by atoms with Gasteiger partial charge in [0.15, 0.2) is 11.5 Å². The molecule has 0 spiro atoms. The standard InChI is InChI=1S/C18H26N2O4/c1-13-5-4-8-20(12-13)18(22)11-19-17(21)10-14-6-7-15(23-2)16(9-14)24-3/h6-7,9,13H,4-5,8,10-12H2,1-3H3,(H,19,21). The maximum absolute atomic E-state index is 12.2. The van der Waals surface area contributed by atoms with Crippen LogP contribution in [0.25, 0.3) is 0 Å². The monoisotopic (exact) mass is 334 g/mol. The fraction of sp³-hybridized carbons (Fsp3) is 0.556. The normalized spacial score (nSPS) is 17.3. The van der Waals surface area contributed by atoms with Gasteiger partial charge in [0, 0.05) is 13.1 Å². The van der Waals surface area contributed by atoms with Gasteiger partial charge in [0.2, 0.25) is 11.8 Å². The van der Waals surface area contributed by atoms with Gasteiger partial charge < -0.3 is 19.7 Å². The summed E-state index contributed by atoms with van der Waals surface area (Å²) in [5, 5.41) is 2.71. The van der Waals surface area contributed by atoms with Crippen molar-refractivity contribution in [2.45, 2.75) is 26.2 Å². The van der Waals surface area contributed by atoms with Gasteiger partial charge in [-0.2, -0.15) is 0 Å². The average molecular weight is 334 g/mol. The molecule has 1 fully saturated rings. The minimum absolute atomic E-state index is 0.0118. The molecular formula is C18H26N2O4. The SMILES string of the molecule is COc1ccc(CC(=O)NCC(=O)N2CCCC(C)C2)cc1OC. The molecule has 2 amide bonds. The zero-order valence-corrected chi connectivity index (χ0v) is 14.6. The number of amides is 2. The number of likely N-dealkylation sites (tertiary alicyclic amines) is 1. The lowest BCUT2D eigenvalue weighted by Crippen LogP contribution is -2.44. The first-order valence-electron chi connectivity index (χ1n) is 8.29. The molecular weight excluding hydrogens is 308 g/mol. The second kappa shape index (κ2) is 8.57. The molecule has 1 heterocycles. The van der Waals surface area contributed by atoms with Crippen molar-refractivity contribution in [3.8, 4) is 11.5 Å². The number of benzene rings is 1. The van der Waals surface area contributed by atoms with Crippen LogP contribution in [-0.2, 0) is 16.0 Å². The van der Waals surface area contributed by atoms with Gasteiger partial charge in [-0.05, 0) is 36.5 Å².